The van der Waals surface area contributed by atoms with Gasteiger partial charge in [0.2, 0.25) is 0 Å². The summed E-state index contributed by atoms with van der Waals surface area (Å²) in [6, 6.07) is 49.7. The molecule has 0 radical (unpaired) electrons. The predicted molar refractivity (Wildman–Crippen MR) is 592 cm³/mol. The molecule has 7 aliphatic rings. The van der Waals surface area contributed by atoms with E-state index in [1.165, 1.54) is 19.4 Å². The summed E-state index contributed by atoms with van der Waals surface area (Å²) in [5, 5.41) is 14.8. The number of hydrogen-bond donors (Lipinski definition) is 1. The zero-order valence-electron chi connectivity index (χ0n) is 86.6. The molecule has 0 saturated carbocycles. The van der Waals surface area contributed by atoms with Crippen molar-refractivity contribution < 1.29 is 9.47 Å². The van der Waals surface area contributed by atoms with Gasteiger partial charge in [0.1, 0.15) is 39.6 Å². The summed E-state index contributed by atoms with van der Waals surface area (Å²) < 4.78 is 24.8. The van der Waals surface area contributed by atoms with E-state index in [2.05, 4.69) is 158 Å². The second-order valence-electron chi connectivity index (χ2n) is 40.7. The Hall–Kier alpha value is -15.1. The Bertz CT molecular complexity index is 8720. The maximum atomic E-state index is 13.0. The number of methoxy groups -OCH3 is 2. The molecule has 0 unspecified atom stereocenters. The Labute approximate surface area is 868 Å². The molecule has 0 aliphatic carbocycles. The molecule has 37 heteroatoms. The van der Waals surface area contributed by atoms with Crippen LogP contribution in [0.2, 0.25) is 0 Å². The fourth-order valence-electron chi connectivity index (χ4n) is 21.8. The Morgan fingerprint density at radius 3 is 1.28 bits per heavy atom. The van der Waals surface area contributed by atoms with Crippen molar-refractivity contribution in [2.24, 2.45) is 11.8 Å². The lowest BCUT2D eigenvalue weighted by atomic mass is 10.0. The summed E-state index contributed by atoms with van der Waals surface area (Å²) in [6.07, 6.45) is 15.9. The molecule has 7 aliphatic heterocycles. The largest absolute Gasteiger partial charge is 0.493 e. The molecule has 764 valence electrons. The number of fused-ring (bicyclic) bond motifs is 11. The fourth-order valence-corrected chi connectivity index (χ4v) is 23.6. The SMILES string of the molecule is COc1ccc(-c2cc(=O)n3cc(N4C[C@H]5CNC[C@H]5C4)cc(C)c3n2)cc1OC.Cc1cn2nc(-c3cc(=O)n4cc(N5CCN(C)[C@@H](C)C5)ccc4n3)cc2c(C)n1.Cc1cn2nc(-c3cc(=O)n4cc(N5C[C@@H](C)N(C)[C@@H](C)C5)ccc4n3)cc2c(C)n1.Cc1nc2ccc(-c3cc(=O)n4cc(N5CCN(C)CC5)ccc4n3)cc2s1.Cc1nc2ccc(-c3cc(=O)n4cc(N5CCN6CCC[C@H]6C5)ccc4n3)cc2s1. The first-order valence-corrected chi connectivity index (χ1v) is 52.7. The number of nitrogens with zero attached hydrogens (tertiary/aromatic N) is 27. The number of nitrogens with one attached hydrogen (secondary N) is 1. The second-order valence-corrected chi connectivity index (χ2v) is 43.2. The van der Waals surface area contributed by atoms with E-state index in [9.17, 15) is 24.0 Å². The number of benzene rings is 3. The molecule has 1 N–H and O–H groups in total. The minimum absolute atomic E-state index is 0.0445. The number of pyridine rings is 5. The van der Waals surface area contributed by atoms with E-state index in [0.717, 1.165) is 220 Å². The van der Waals surface area contributed by atoms with E-state index in [0.29, 0.717) is 116 Å². The van der Waals surface area contributed by atoms with E-state index < -0.39 is 0 Å². The summed E-state index contributed by atoms with van der Waals surface area (Å²) in [7, 11) is 9.65. The van der Waals surface area contributed by atoms with Crippen molar-refractivity contribution in [2.45, 2.75) is 106 Å². The summed E-state index contributed by atoms with van der Waals surface area (Å²) in [4.78, 5) is 128. The van der Waals surface area contributed by atoms with Crippen molar-refractivity contribution in [3.63, 3.8) is 0 Å². The highest BCUT2D eigenvalue weighted by Crippen LogP contribution is 2.38. The summed E-state index contributed by atoms with van der Waals surface area (Å²) >= 11 is 3.32. The van der Waals surface area contributed by atoms with Crippen LogP contribution in [-0.2, 0) is 0 Å². The third-order valence-corrected chi connectivity index (χ3v) is 32.3. The monoisotopic (exact) mass is 2030 g/mol. The van der Waals surface area contributed by atoms with Crippen molar-refractivity contribution in [3.05, 3.63) is 285 Å². The molecule has 23 heterocycles. The number of hydrogen-bond acceptors (Lipinski definition) is 30. The summed E-state index contributed by atoms with van der Waals surface area (Å²) in [5.74, 6) is 2.65. The number of aryl methyl sites for hydroxylation is 7. The van der Waals surface area contributed by atoms with Crippen LogP contribution in [0.5, 0.6) is 11.5 Å². The van der Waals surface area contributed by atoms with Gasteiger partial charge in [0.05, 0.1) is 148 Å². The van der Waals surface area contributed by atoms with Crippen LogP contribution >= 0.6 is 22.7 Å². The number of thiazole rings is 2. The molecule has 0 spiro atoms. The lowest BCUT2D eigenvalue weighted by Crippen LogP contribution is -2.55. The van der Waals surface area contributed by atoms with Crippen molar-refractivity contribution in [1.82, 2.24) is 111 Å². The standard InChI is InChI=1S/C23H27N7O.C23H23N5OS.C23H26N4O3.C22H25N7O.C21H21N5OS/c1-14-10-30-21(17(4)24-14)8-20(26-30)19-9-23(31)29-13-18(6-7-22(29)25-19)28-11-15(2)27(5)16(3)12-28;1-15-24-19-6-4-16(11-21(19)30-15)20-12-23(29)28-14-18(5-7-22(28)25-20)27-10-9-26-8-2-3-17(26)13-27;1-14-6-18(26-11-16-9-24-10-17(16)12-26)13-27-22(28)8-19(25-23(14)27)15-4-5-20(29-2)21(7-15)30-3;1-14-11-29-20(16(3)23-14)9-19(25-29)18-10-22(30)28-13-17(5-6-21(28)24-18)27-8-7-26(4)15(2)12-27;1-14-22-17-5-3-15(11-19(17)28-14)18-12-21(27)26-13-16(4-6-20(26)23-18)25-9-7-24(2)8-10-25/h6-10,13,15-16H,11-12H2,1-5H3;4-7,11-12,14,17H,2-3,8-10,13H2,1H3;4-8,13,16-17,24H,9-12H2,1-3H3;5-6,9-11,13,15H,7-8,12H2,1-4H3;3-6,11-13H,7-10H2,1-2H3/t15-,16+;17-;16-,17+;15-;/m.0.0./s1. The van der Waals surface area contributed by atoms with Gasteiger partial charge in [-0.05, 0) is 236 Å². The molecule has 3 aromatic carbocycles. The lowest BCUT2D eigenvalue weighted by Gasteiger charge is -2.43. The third kappa shape index (κ3) is 20.2. The minimum Gasteiger partial charge on any atom is -0.493 e. The maximum Gasteiger partial charge on any atom is 0.258 e. The number of piperazine rings is 4. The molecule has 149 heavy (non-hydrogen) atoms. The van der Waals surface area contributed by atoms with Crippen molar-refractivity contribution in [3.8, 4) is 68.0 Å². The molecule has 0 amide bonds. The third-order valence-electron chi connectivity index (χ3n) is 30.4. The molecular weight excluding hydrogens is 1910 g/mol. The van der Waals surface area contributed by atoms with Crippen LogP contribution in [0.3, 0.4) is 0 Å². The Morgan fingerprint density at radius 1 is 0.356 bits per heavy atom. The molecule has 35 nitrogen and oxygen atoms in total. The van der Waals surface area contributed by atoms with E-state index >= 15 is 0 Å². The lowest BCUT2D eigenvalue weighted by molar-refractivity contribution is 0.170. The van der Waals surface area contributed by atoms with E-state index in [1.54, 1.807) is 98.3 Å². The Morgan fingerprint density at radius 2 is 0.779 bits per heavy atom. The molecular formula is C112H122N28O7S2. The van der Waals surface area contributed by atoms with Crippen LogP contribution in [0.25, 0.3) is 116 Å². The molecule has 6 atom stereocenters. The van der Waals surface area contributed by atoms with Gasteiger partial charge in [-0.3, -0.25) is 65.7 Å². The highest BCUT2D eigenvalue weighted by atomic mass is 32.1. The van der Waals surface area contributed by atoms with Crippen LogP contribution in [0, 0.1) is 60.3 Å². The van der Waals surface area contributed by atoms with Gasteiger partial charge >= 0.3 is 0 Å². The fraction of sp³-hybridized carbons (Fsp3) is 0.357. The average Bonchev–Trinajstić information content (AvgIpc) is 1.48. The molecule has 7 saturated heterocycles. The first-order chi connectivity index (χ1) is 71.9. The van der Waals surface area contributed by atoms with Gasteiger partial charge in [-0.15, -0.1) is 22.7 Å². The number of ether oxygens (including phenoxy) is 2. The van der Waals surface area contributed by atoms with Gasteiger partial charge in [-0.25, -0.2) is 43.9 Å². The zero-order chi connectivity index (χ0) is 103. The zero-order valence-corrected chi connectivity index (χ0v) is 88.3. The van der Waals surface area contributed by atoms with Gasteiger partial charge in [-0.1, -0.05) is 12.1 Å². The van der Waals surface area contributed by atoms with Crippen LogP contribution in [0.15, 0.2) is 219 Å². The molecule has 19 aromatic rings. The minimum atomic E-state index is -0.111. The highest BCUT2D eigenvalue weighted by molar-refractivity contribution is 7.18. The summed E-state index contributed by atoms with van der Waals surface area (Å²) in [5.41, 5.74) is 23.8. The normalized spacial score (nSPS) is 18.8. The van der Waals surface area contributed by atoms with Gasteiger partial charge < -0.3 is 49.1 Å². The maximum absolute atomic E-state index is 13.0. The highest BCUT2D eigenvalue weighted by Gasteiger charge is 2.38. The Kier molecular flexibility index (Phi) is 27.0. The van der Waals surface area contributed by atoms with E-state index in [1.807, 2.05) is 177 Å². The van der Waals surface area contributed by atoms with Crippen molar-refractivity contribution in [1.29, 1.82) is 0 Å². The average molecular weight is 2040 g/mol. The van der Waals surface area contributed by atoms with Crippen molar-refractivity contribution in [2.75, 3.05) is 171 Å². The van der Waals surface area contributed by atoms with Crippen LogP contribution < -0.4 is 67.1 Å². The van der Waals surface area contributed by atoms with Gasteiger partial charge in [-0.2, -0.15) is 10.2 Å². The molecule has 7 fully saturated rings. The topological polar surface area (TPSA) is 318 Å². The molecule has 0 bridgehead atoms. The Balaban J connectivity index is 0.000000105. The number of rotatable bonds is 12. The van der Waals surface area contributed by atoms with Gasteiger partial charge in [0.15, 0.2) is 11.5 Å². The number of likely N-dealkylation sites (N-methyl/N-ethyl adjacent to an activating group) is 3. The van der Waals surface area contributed by atoms with Crippen LogP contribution in [-0.4, -0.2) is 276 Å². The van der Waals surface area contributed by atoms with Gasteiger partial charge in [0, 0.05) is 207 Å². The van der Waals surface area contributed by atoms with E-state index in [4.69, 9.17) is 34.4 Å². The number of aromatic nitrogens is 18. The quantitative estimate of drug-likeness (QED) is 0.119. The predicted octanol–water partition coefficient (Wildman–Crippen LogP) is 13.6. The van der Waals surface area contributed by atoms with Crippen LogP contribution in [0.4, 0.5) is 28.4 Å². The van der Waals surface area contributed by atoms with Crippen LogP contribution in [0.1, 0.15) is 72.0 Å². The summed E-state index contributed by atoms with van der Waals surface area (Å²) in [6.45, 7) is 37.9. The first-order valence-electron chi connectivity index (χ1n) is 51.1. The first kappa shape index (κ1) is 98.5. The smallest absolute Gasteiger partial charge is 0.258 e. The molecule has 16 aromatic heterocycles. The second kappa shape index (κ2) is 40.8. The molecule has 26 rings (SSSR count). The van der Waals surface area contributed by atoms with Crippen molar-refractivity contribution >= 4 is 111 Å². The number of anilines is 5. The van der Waals surface area contributed by atoms with Gasteiger partial charge in [0.25, 0.3) is 27.8 Å². The van der Waals surface area contributed by atoms with E-state index in [-0.39, 0.29) is 27.8 Å².